The van der Waals surface area contributed by atoms with Crippen LogP contribution in [0.2, 0.25) is 0 Å². The van der Waals surface area contributed by atoms with Gasteiger partial charge in [-0.15, -0.1) is 0 Å². The van der Waals surface area contributed by atoms with Crippen LogP contribution in [0, 0.1) is 17.3 Å². The van der Waals surface area contributed by atoms with E-state index in [0.717, 1.165) is 0 Å². The van der Waals surface area contributed by atoms with Crippen LogP contribution in [0.25, 0.3) is 11.2 Å². The molecule has 2 aromatic rings. The van der Waals surface area contributed by atoms with E-state index in [0.29, 0.717) is 12.8 Å². The number of hydrogen-bond acceptors (Lipinski definition) is 7. The first-order chi connectivity index (χ1) is 12.7. The van der Waals surface area contributed by atoms with E-state index in [2.05, 4.69) is 15.0 Å². The number of aromatic amines is 1. The fourth-order valence-electron chi connectivity index (χ4n) is 5.08. The largest absolute Gasteiger partial charge is 0.481 e. The quantitative estimate of drug-likeness (QED) is 0.472. The Kier molecular flexibility index (Phi) is 3.74. The predicted octanol–water partition coefficient (Wildman–Crippen LogP) is -0.421. The van der Waals surface area contributed by atoms with Gasteiger partial charge < -0.3 is 25.6 Å². The van der Waals surface area contributed by atoms with Gasteiger partial charge in [0.1, 0.15) is 0 Å². The maximum Gasteiger partial charge on any atom is 0.312 e. The van der Waals surface area contributed by atoms with Gasteiger partial charge in [0.25, 0.3) is 5.56 Å². The highest BCUT2D eigenvalue weighted by Crippen LogP contribution is 2.61. The van der Waals surface area contributed by atoms with Crippen LogP contribution >= 0.6 is 0 Å². The molecule has 0 spiro atoms. The first kappa shape index (κ1) is 17.5. The van der Waals surface area contributed by atoms with Crippen molar-refractivity contribution in [3.8, 4) is 0 Å². The Bertz CT molecular complexity index is 999. The van der Waals surface area contributed by atoms with Gasteiger partial charge in [0, 0.05) is 5.92 Å². The SMILES string of the molecule is Nc1nc2c(ncn2[C@@H]2C3C(CC[C@@H]3O)C[C@]2(CC(=O)O)C(=O)O)c(=O)[nH]1. The minimum Gasteiger partial charge on any atom is -0.481 e. The summed E-state index contributed by atoms with van der Waals surface area (Å²) in [6.45, 7) is 0. The number of nitrogens with zero attached hydrogens (tertiary/aromatic N) is 3. The number of carbonyl (C=O) groups is 2. The molecule has 0 bridgehead atoms. The summed E-state index contributed by atoms with van der Waals surface area (Å²) in [7, 11) is 0. The molecule has 2 aliphatic carbocycles. The van der Waals surface area contributed by atoms with Crippen LogP contribution in [0.1, 0.15) is 31.7 Å². The number of aromatic nitrogens is 4. The van der Waals surface area contributed by atoms with Gasteiger partial charge in [-0.3, -0.25) is 19.4 Å². The number of hydrogen-bond donors (Lipinski definition) is 5. The molecule has 2 heterocycles. The number of fused-ring (bicyclic) bond motifs is 2. The zero-order valence-corrected chi connectivity index (χ0v) is 14.2. The number of carboxylic acid groups (broad SMARTS) is 2. The zero-order valence-electron chi connectivity index (χ0n) is 14.2. The van der Waals surface area contributed by atoms with Crippen molar-refractivity contribution in [1.29, 1.82) is 0 Å². The van der Waals surface area contributed by atoms with Crippen molar-refractivity contribution < 1.29 is 24.9 Å². The molecule has 0 radical (unpaired) electrons. The van der Waals surface area contributed by atoms with Crippen molar-refractivity contribution in [3.05, 3.63) is 16.7 Å². The number of aliphatic hydroxyl groups is 1. The van der Waals surface area contributed by atoms with E-state index in [1.54, 1.807) is 0 Å². The highest BCUT2D eigenvalue weighted by Gasteiger charge is 2.63. The minimum atomic E-state index is -1.64. The maximum absolute atomic E-state index is 12.3. The Hall–Kier alpha value is -2.95. The standard InChI is InChI=1S/C16H19N5O6/c17-15-19-12-10(13(25)20-15)18-5-21(12)11-9-6(1-2-7(9)22)3-16(11,14(26)27)4-8(23)24/h5-7,9,11,22H,1-4H2,(H,23,24)(H,26,27)(H3,17,19,20,25)/t6?,7-,9?,11+,16+/m0/s1. The van der Waals surface area contributed by atoms with Gasteiger partial charge in [0.05, 0.1) is 30.3 Å². The van der Waals surface area contributed by atoms with Crippen LogP contribution in [0.4, 0.5) is 5.95 Å². The molecule has 0 aromatic carbocycles. The highest BCUT2D eigenvalue weighted by atomic mass is 16.4. The van der Waals surface area contributed by atoms with Crippen LogP contribution in [-0.4, -0.2) is 52.9 Å². The van der Waals surface area contributed by atoms with E-state index in [4.69, 9.17) is 5.73 Å². The molecule has 2 saturated carbocycles. The van der Waals surface area contributed by atoms with Gasteiger partial charge in [-0.2, -0.15) is 4.98 Å². The second kappa shape index (κ2) is 5.78. The van der Waals surface area contributed by atoms with E-state index in [-0.39, 0.29) is 29.5 Å². The van der Waals surface area contributed by atoms with Crippen molar-refractivity contribution in [3.63, 3.8) is 0 Å². The molecule has 27 heavy (non-hydrogen) atoms. The lowest BCUT2D eigenvalue weighted by Gasteiger charge is -2.34. The zero-order chi connectivity index (χ0) is 19.5. The third-order valence-corrected chi connectivity index (χ3v) is 6.02. The number of rotatable bonds is 4. The Morgan fingerprint density at radius 1 is 1.37 bits per heavy atom. The normalized spacial score (nSPS) is 32.6. The van der Waals surface area contributed by atoms with E-state index in [9.17, 15) is 29.7 Å². The topological polar surface area (TPSA) is 184 Å². The molecule has 2 fully saturated rings. The summed E-state index contributed by atoms with van der Waals surface area (Å²) in [6, 6.07) is -0.910. The molecule has 11 heteroatoms. The number of aliphatic hydroxyl groups excluding tert-OH is 1. The monoisotopic (exact) mass is 377 g/mol. The molecule has 2 aliphatic rings. The van der Waals surface area contributed by atoms with Gasteiger partial charge >= 0.3 is 11.9 Å². The number of aliphatic carboxylic acids is 2. The molecule has 0 amide bonds. The lowest BCUT2D eigenvalue weighted by molar-refractivity contribution is -0.158. The lowest BCUT2D eigenvalue weighted by atomic mass is 9.76. The van der Waals surface area contributed by atoms with Crippen molar-refractivity contribution >= 4 is 29.1 Å². The number of nitrogens with one attached hydrogen (secondary N) is 1. The number of nitrogens with two attached hydrogens (primary N) is 1. The summed E-state index contributed by atoms with van der Waals surface area (Å²) >= 11 is 0. The molecule has 0 aliphatic heterocycles. The Morgan fingerprint density at radius 3 is 2.78 bits per heavy atom. The fourth-order valence-corrected chi connectivity index (χ4v) is 5.08. The molecule has 2 aromatic heterocycles. The third kappa shape index (κ3) is 2.41. The maximum atomic E-state index is 12.3. The number of nitrogen functional groups attached to an aromatic ring is 1. The first-order valence-electron chi connectivity index (χ1n) is 8.60. The smallest absolute Gasteiger partial charge is 0.312 e. The molecule has 2 unspecified atom stereocenters. The number of carboxylic acids is 2. The van der Waals surface area contributed by atoms with Crippen molar-refractivity contribution in [2.24, 2.45) is 17.3 Å². The van der Waals surface area contributed by atoms with Crippen LogP contribution in [0.3, 0.4) is 0 Å². The van der Waals surface area contributed by atoms with Gasteiger partial charge in [-0.1, -0.05) is 0 Å². The van der Waals surface area contributed by atoms with E-state index in [1.165, 1.54) is 10.9 Å². The summed E-state index contributed by atoms with van der Waals surface area (Å²) in [4.78, 5) is 46.3. The van der Waals surface area contributed by atoms with E-state index < -0.39 is 47.4 Å². The molecule has 11 nitrogen and oxygen atoms in total. The van der Waals surface area contributed by atoms with Crippen LogP contribution in [0.15, 0.2) is 11.1 Å². The summed E-state index contributed by atoms with van der Waals surface area (Å²) in [5.41, 5.74) is 3.47. The summed E-state index contributed by atoms with van der Waals surface area (Å²) in [5.74, 6) is -3.27. The second-order valence-corrected chi connectivity index (χ2v) is 7.44. The Morgan fingerprint density at radius 2 is 2.11 bits per heavy atom. The number of H-pyrrole nitrogens is 1. The summed E-state index contributed by atoms with van der Waals surface area (Å²) < 4.78 is 1.41. The highest BCUT2D eigenvalue weighted by molar-refractivity contribution is 5.83. The van der Waals surface area contributed by atoms with Crippen molar-refractivity contribution in [1.82, 2.24) is 19.5 Å². The minimum absolute atomic E-state index is 0.0187. The first-order valence-corrected chi connectivity index (χ1v) is 8.60. The molecule has 6 N–H and O–H groups in total. The second-order valence-electron chi connectivity index (χ2n) is 7.44. The summed E-state index contributed by atoms with van der Waals surface area (Å²) in [5, 5.41) is 29.9. The molecule has 5 atom stereocenters. The van der Waals surface area contributed by atoms with Crippen molar-refractivity contribution in [2.45, 2.75) is 37.8 Å². The molecular formula is C16H19N5O6. The van der Waals surface area contributed by atoms with Crippen LogP contribution in [-0.2, 0) is 9.59 Å². The Balaban J connectivity index is 1.97. The number of imidazole rings is 1. The van der Waals surface area contributed by atoms with Gasteiger partial charge in [0.15, 0.2) is 11.2 Å². The molecule has 144 valence electrons. The van der Waals surface area contributed by atoms with Crippen molar-refractivity contribution in [2.75, 3.05) is 5.73 Å². The molecular weight excluding hydrogens is 358 g/mol. The summed E-state index contributed by atoms with van der Waals surface area (Å²) in [6.07, 6.45) is 1.15. The van der Waals surface area contributed by atoms with Crippen LogP contribution < -0.4 is 11.3 Å². The molecule has 0 saturated heterocycles. The van der Waals surface area contributed by atoms with E-state index in [1.807, 2.05) is 0 Å². The Labute approximate surface area is 151 Å². The van der Waals surface area contributed by atoms with Gasteiger partial charge in [0.2, 0.25) is 5.95 Å². The average Bonchev–Trinajstić information content (AvgIpc) is 3.21. The third-order valence-electron chi connectivity index (χ3n) is 6.02. The van der Waals surface area contributed by atoms with Gasteiger partial charge in [-0.05, 0) is 25.2 Å². The molecule has 4 rings (SSSR count). The predicted molar refractivity (Wildman–Crippen MR) is 90.8 cm³/mol. The fraction of sp³-hybridized carbons (Fsp3) is 0.562. The lowest BCUT2D eigenvalue weighted by Crippen LogP contribution is -2.42. The average molecular weight is 377 g/mol. The van der Waals surface area contributed by atoms with E-state index >= 15 is 0 Å². The van der Waals surface area contributed by atoms with Gasteiger partial charge in [-0.25, -0.2) is 4.98 Å². The number of anilines is 1. The van der Waals surface area contributed by atoms with Crippen LogP contribution in [0.5, 0.6) is 0 Å².